The van der Waals surface area contributed by atoms with E-state index >= 15 is 0 Å². The molecule has 88 valence electrons. The first-order valence-corrected chi connectivity index (χ1v) is 4.95. The molecule has 1 amide bonds. The Morgan fingerprint density at radius 1 is 1.40 bits per heavy atom. The monoisotopic (exact) mass is 216 g/mol. The number of Topliss-reactive ketones (excluding diaryl/α,β-unsaturated/α-hetero) is 1. The highest BCUT2D eigenvalue weighted by atomic mass is 16.6. The summed E-state index contributed by atoms with van der Waals surface area (Å²) in [6, 6.07) is -0.514. The number of nitrogens with one attached hydrogen (secondary N) is 1. The smallest absolute Gasteiger partial charge is 0.407 e. The second kappa shape index (κ2) is 5.70. The lowest BCUT2D eigenvalue weighted by atomic mass is 10.1. The minimum absolute atomic E-state index is 0.0824. The molecule has 5 nitrogen and oxygen atoms in total. The van der Waals surface area contributed by atoms with E-state index in [1.54, 1.807) is 20.8 Å². The first-order valence-electron chi connectivity index (χ1n) is 4.95. The van der Waals surface area contributed by atoms with Crippen LogP contribution in [0.15, 0.2) is 0 Å². The third-order valence-electron chi connectivity index (χ3n) is 1.65. The van der Waals surface area contributed by atoms with Crippen molar-refractivity contribution in [2.75, 3.05) is 6.54 Å². The first kappa shape index (κ1) is 13.9. The molecular formula is C10H20N2O3. The maximum Gasteiger partial charge on any atom is 0.407 e. The number of ether oxygens (including phenoxy) is 1. The Hall–Kier alpha value is -1.10. The Kier molecular flexibility index (Phi) is 5.28. The molecule has 1 atom stereocenters. The zero-order valence-electron chi connectivity index (χ0n) is 9.79. The standard InChI is InChI=1S/C10H20N2O3/c1-7(13)8(11)5-6-12-9(14)15-10(2,3)4/h8H,5-6,11H2,1-4H3,(H,12,14). The molecule has 1 unspecified atom stereocenters. The van der Waals surface area contributed by atoms with Crippen LogP contribution in [0.2, 0.25) is 0 Å². The van der Waals surface area contributed by atoms with Crippen molar-refractivity contribution in [3.8, 4) is 0 Å². The Balaban J connectivity index is 3.69. The average molecular weight is 216 g/mol. The van der Waals surface area contributed by atoms with Gasteiger partial charge in [0.05, 0.1) is 6.04 Å². The number of rotatable bonds is 4. The molecule has 0 aromatic rings. The van der Waals surface area contributed by atoms with Gasteiger partial charge in [-0.25, -0.2) is 4.79 Å². The van der Waals surface area contributed by atoms with Gasteiger partial charge in [-0.1, -0.05) is 0 Å². The maximum atomic E-state index is 11.2. The molecule has 0 rings (SSSR count). The van der Waals surface area contributed by atoms with E-state index in [1.165, 1.54) is 6.92 Å². The van der Waals surface area contributed by atoms with Crippen molar-refractivity contribution in [3.05, 3.63) is 0 Å². The van der Waals surface area contributed by atoms with E-state index in [2.05, 4.69) is 5.32 Å². The van der Waals surface area contributed by atoms with Crippen molar-refractivity contribution in [3.63, 3.8) is 0 Å². The zero-order chi connectivity index (χ0) is 12.1. The van der Waals surface area contributed by atoms with Crippen LogP contribution in [0, 0.1) is 0 Å². The summed E-state index contributed by atoms with van der Waals surface area (Å²) in [7, 11) is 0. The third kappa shape index (κ3) is 7.93. The molecule has 5 heteroatoms. The quantitative estimate of drug-likeness (QED) is 0.729. The van der Waals surface area contributed by atoms with E-state index in [9.17, 15) is 9.59 Å². The molecule has 0 aromatic carbocycles. The SMILES string of the molecule is CC(=O)C(N)CCNC(=O)OC(C)(C)C. The van der Waals surface area contributed by atoms with Crippen LogP contribution in [0.1, 0.15) is 34.1 Å². The number of nitrogens with two attached hydrogens (primary N) is 1. The molecule has 0 aromatic heterocycles. The average Bonchev–Trinajstić information content (AvgIpc) is 2.00. The summed E-state index contributed by atoms with van der Waals surface area (Å²) < 4.78 is 5.00. The molecule has 0 heterocycles. The van der Waals surface area contributed by atoms with Crippen molar-refractivity contribution in [1.82, 2.24) is 5.32 Å². The topological polar surface area (TPSA) is 81.4 Å². The summed E-state index contributed by atoms with van der Waals surface area (Å²) in [4.78, 5) is 21.9. The van der Waals surface area contributed by atoms with Crippen molar-refractivity contribution in [2.45, 2.75) is 45.8 Å². The molecule has 0 bridgehead atoms. The van der Waals surface area contributed by atoms with Crippen LogP contribution in [0.25, 0.3) is 0 Å². The minimum Gasteiger partial charge on any atom is -0.444 e. The van der Waals surface area contributed by atoms with Gasteiger partial charge in [0.2, 0.25) is 0 Å². The fourth-order valence-corrected chi connectivity index (χ4v) is 0.847. The van der Waals surface area contributed by atoms with Gasteiger partial charge in [-0.3, -0.25) is 4.79 Å². The number of alkyl carbamates (subject to hydrolysis) is 1. The molecule has 0 fully saturated rings. The lowest BCUT2D eigenvalue weighted by Crippen LogP contribution is -2.37. The molecule has 0 saturated carbocycles. The van der Waals surface area contributed by atoms with Crippen molar-refractivity contribution in [2.24, 2.45) is 5.73 Å². The van der Waals surface area contributed by atoms with E-state index in [0.717, 1.165) is 0 Å². The molecule has 0 spiro atoms. The number of ketones is 1. The zero-order valence-corrected chi connectivity index (χ0v) is 9.79. The Morgan fingerprint density at radius 3 is 2.33 bits per heavy atom. The van der Waals surface area contributed by atoms with Gasteiger partial charge in [0.25, 0.3) is 0 Å². The Labute approximate surface area is 90.4 Å². The van der Waals surface area contributed by atoms with Crippen molar-refractivity contribution < 1.29 is 14.3 Å². The number of amides is 1. The second-order valence-electron chi connectivity index (χ2n) is 4.43. The van der Waals surface area contributed by atoms with Gasteiger partial charge in [-0.2, -0.15) is 0 Å². The van der Waals surface area contributed by atoms with Crippen LogP contribution in [-0.4, -0.2) is 30.1 Å². The molecule has 15 heavy (non-hydrogen) atoms. The predicted molar refractivity (Wildman–Crippen MR) is 57.5 cm³/mol. The van der Waals surface area contributed by atoms with Gasteiger partial charge in [-0.15, -0.1) is 0 Å². The summed E-state index contributed by atoms with van der Waals surface area (Å²) in [5.41, 5.74) is 4.98. The normalized spacial score (nSPS) is 13.1. The number of carbonyl (C=O) groups excluding carboxylic acids is 2. The Bertz CT molecular complexity index is 233. The lowest BCUT2D eigenvalue weighted by Gasteiger charge is -2.19. The summed E-state index contributed by atoms with van der Waals surface area (Å²) >= 11 is 0. The van der Waals surface area contributed by atoms with Gasteiger partial charge in [0, 0.05) is 6.54 Å². The van der Waals surface area contributed by atoms with Crippen molar-refractivity contribution in [1.29, 1.82) is 0 Å². The highest BCUT2D eigenvalue weighted by Gasteiger charge is 2.16. The van der Waals surface area contributed by atoms with Crippen LogP contribution in [-0.2, 0) is 9.53 Å². The number of carbonyl (C=O) groups is 2. The van der Waals surface area contributed by atoms with Crippen LogP contribution >= 0.6 is 0 Å². The van der Waals surface area contributed by atoms with Crippen LogP contribution in [0.4, 0.5) is 4.79 Å². The van der Waals surface area contributed by atoms with Gasteiger partial charge in [0.15, 0.2) is 0 Å². The molecule has 3 N–H and O–H groups in total. The fraction of sp³-hybridized carbons (Fsp3) is 0.800. The van der Waals surface area contributed by atoms with Gasteiger partial charge >= 0.3 is 6.09 Å². The minimum atomic E-state index is -0.514. The van der Waals surface area contributed by atoms with E-state index in [-0.39, 0.29) is 5.78 Å². The summed E-state index contributed by atoms with van der Waals surface area (Å²) in [5.74, 6) is -0.0824. The van der Waals surface area contributed by atoms with Crippen LogP contribution in [0.5, 0.6) is 0 Å². The molecule has 0 aliphatic carbocycles. The highest BCUT2D eigenvalue weighted by Crippen LogP contribution is 2.06. The van der Waals surface area contributed by atoms with E-state index in [4.69, 9.17) is 10.5 Å². The molecule has 0 radical (unpaired) electrons. The van der Waals surface area contributed by atoms with Gasteiger partial charge in [0.1, 0.15) is 11.4 Å². The molecular weight excluding hydrogens is 196 g/mol. The second-order valence-corrected chi connectivity index (χ2v) is 4.43. The summed E-state index contributed by atoms with van der Waals surface area (Å²) in [6.45, 7) is 7.13. The highest BCUT2D eigenvalue weighted by molar-refractivity contribution is 5.81. The predicted octanol–water partition coefficient (Wildman–Crippen LogP) is 0.817. The first-order chi connectivity index (χ1) is 6.72. The number of hydrogen-bond donors (Lipinski definition) is 2. The fourth-order valence-electron chi connectivity index (χ4n) is 0.847. The van der Waals surface area contributed by atoms with Gasteiger partial charge in [-0.05, 0) is 34.1 Å². The molecule has 0 aliphatic heterocycles. The van der Waals surface area contributed by atoms with Crippen LogP contribution < -0.4 is 11.1 Å². The van der Waals surface area contributed by atoms with E-state index < -0.39 is 17.7 Å². The van der Waals surface area contributed by atoms with E-state index in [1.807, 2.05) is 0 Å². The summed E-state index contributed by atoms with van der Waals surface area (Å²) in [6.07, 6.45) is -0.0626. The Morgan fingerprint density at radius 2 is 1.93 bits per heavy atom. The van der Waals surface area contributed by atoms with E-state index in [0.29, 0.717) is 13.0 Å². The summed E-state index contributed by atoms with van der Waals surface area (Å²) in [5, 5.41) is 2.53. The lowest BCUT2D eigenvalue weighted by molar-refractivity contribution is -0.118. The molecule has 0 aliphatic rings. The number of hydrogen-bond acceptors (Lipinski definition) is 4. The largest absolute Gasteiger partial charge is 0.444 e. The van der Waals surface area contributed by atoms with Gasteiger partial charge < -0.3 is 15.8 Å². The van der Waals surface area contributed by atoms with Crippen molar-refractivity contribution >= 4 is 11.9 Å². The molecule has 0 saturated heterocycles. The maximum absolute atomic E-state index is 11.2. The van der Waals surface area contributed by atoms with Crippen LogP contribution in [0.3, 0.4) is 0 Å². The third-order valence-corrected chi connectivity index (χ3v) is 1.65.